The topological polar surface area (TPSA) is 39.4 Å². The molecule has 17 heavy (non-hydrogen) atoms. The fourth-order valence-electron chi connectivity index (χ4n) is 2.75. The van der Waals surface area contributed by atoms with Gasteiger partial charge < -0.3 is 9.15 Å². The van der Waals surface area contributed by atoms with Gasteiger partial charge in [0.1, 0.15) is 16.8 Å². The fourth-order valence-corrected chi connectivity index (χ4v) is 2.75. The highest BCUT2D eigenvalue weighted by Crippen LogP contribution is 2.45. The number of rotatable bonds is 3. The van der Waals surface area contributed by atoms with E-state index in [2.05, 4.69) is 6.58 Å². The van der Waals surface area contributed by atoms with Crippen LogP contribution >= 0.6 is 0 Å². The van der Waals surface area contributed by atoms with Gasteiger partial charge in [0.15, 0.2) is 0 Å². The first-order chi connectivity index (χ1) is 8.23. The summed E-state index contributed by atoms with van der Waals surface area (Å²) in [5, 5.41) is 0. The van der Waals surface area contributed by atoms with Crippen LogP contribution in [-0.4, -0.2) is 5.97 Å². The molecule has 0 N–H and O–H groups in total. The van der Waals surface area contributed by atoms with Crippen LogP contribution in [0, 0.1) is 0 Å². The molecule has 1 aliphatic rings. The van der Waals surface area contributed by atoms with Crippen molar-refractivity contribution in [2.75, 3.05) is 0 Å². The molecule has 3 rings (SSSR count). The summed E-state index contributed by atoms with van der Waals surface area (Å²) in [5.41, 5.74) is 2.20. The Bertz CT molecular complexity index is 546. The van der Waals surface area contributed by atoms with Crippen molar-refractivity contribution < 1.29 is 13.9 Å². The number of benzene rings is 1. The standard InChI is InChI=1S/C14H14O3/c1-2-13(15)17-14(7-3-4-8-14)11-9-10-5-6-12(11)16-10/h2,5-6,9H,1,3-4,7-8H2. The maximum atomic E-state index is 11.5. The van der Waals surface area contributed by atoms with Crippen LogP contribution in [0.15, 0.2) is 35.3 Å². The molecule has 0 saturated heterocycles. The lowest BCUT2D eigenvalue weighted by Gasteiger charge is -2.27. The lowest BCUT2D eigenvalue weighted by Crippen LogP contribution is -2.28. The summed E-state index contributed by atoms with van der Waals surface area (Å²) in [6.07, 6.45) is 5.11. The van der Waals surface area contributed by atoms with E-state index in [0.717, 1.165) is 42.4 Å². The molecular formula is C14H14O3. The first kappa shape index (κ1) is 10.4. The Labute approximate surface area is 99.4 Å². The van der Waals surface area contributed by atoms with Crippen molar-refractivity contribution in [2.24, 2.45) is 0 Å². The third-order valence-electron chi connectivity index (χ3n) is 3.54. The minimum absolute atomic E-state index is 0.356. The Morgan fingerprint density at radius 2 is 2.18 bits per heavy atom. The van der Waals surface area contributed by atoms with E-state index >= 15 is 0 Å². The molecule has 0 atom stereocenters. The third-order valence-corrected chi connectivity index (χ3v) is 3.54. The summed E-state index contributed by atoms with van der Waals surface area (Å²) in [7, 11) is 0. The van der Waals surface area contributed by atoms with Gasteiger partial charge in [-0.3, -0.25) is 0 Å². The third kappa shape index (κ3) is 1.54. The van der Waals surface area contributed by atoms with E-state index in [9.17, 15) is 4.79 Å². The molecule has 0 radical (unpaired) electrons. The largest absolute Gasteiger partial charge is 0.457 e. The van der Waals surface area contributed by atoms with Crippen LogP contribution in [0.5, 0.6) is 0 Å². The lowest BCUT2D eigenvalue weighted by molar-refractivity contribution is -0.154. The Hall–Kier alpha value is -1.77. The second-order valence-electron chi connectivity index (χ2n) is 4.59. The highest BCUT2D eigenvalue weighted by atomic mass is 16.6. The Morgan fingerprint density at radius 3 is 2.71 bits per heavy atom. The van der Waals surface area contributed by atoms with Crippen molar-refractivity contribution in [3.8, 4) is 0 Å². The number of fused-ring (bicyclic) bond motifs is 2. The first-order valence-electron chi connectivity index (χ1n) is 5.91. The van der Waals surface area contributed by atoms with Crippen molar-refractivity contribution in [1.29, 1.82) is 0 Å². The Kier molecular flexibility index (Phi) is 2.21. The smallest absolute Gasteiger partial charge is 0.331 e. The summed E-state index contributed by atoms with van der Waals surface area (Å²) < 4.78 is 11.2. The molecule has 0 aliphatic heterocycles. The second kappa shape index (κ2) is 3.62. The SMILES string of the molecule is C=CC(=O)OC1(c2cc3ccc2o3)CCCC1. The lowest BCUT2D eigenvalue weighted by atomic mass is 9.92. The molecule has 2 aromatic rings. The molecule has 3 heteroatoms. The van der Waals surface area contributed by atoms with Crippen LogP contribution in [0.3, 0.4) is 0 Å². The summed E-state index contributed by atoms with van der Waals surface area (Å²) in [5.74, 6) is -0.356. The van der Waals surface area contributed by atoms with Gasteiger partial charge in [0.05, 0.1) is 0 Å². The second-order valence-corrected chi connectivity index (χ2v) is 4.59. The molecule has 0 aromatic carbocycles. The van der Waals surface area contributed by atoms with Crippen molar-refractivity contribution in [3.05, 3.63) is 36.4 Å². The van der Waals surface area contributed by atoms with Gasteiger partial charge in [0.25, 0.3) is 0 Å². The molecule has 1 aliphatic carbocycles. The number of hydrogen-bond donors (Lipinski definition) is 0. The van der Waals surface area contributed by atoms with E-state index in [-0.39, 0.29) is 5.97 Å². The van der Waals surface area contributed by atoms with Crippen LogP contribution in [0.2, 0.25) is 0 Å². The summed E-state index contributed by atoms with van der Waals surface area (Å²) in [6, 6.07) is 5.85. The first-order valence-corrected chi connectivity index (χ1v) is 5.91. The van der Waals surface area contributed by atoms with Crippen LogP contribution in [0.4, 0.5) is 0 Å². The van der Waals surface area contributed by atoms with E-state index in [1.54, 1.807) is 0 Å². The Balaban J connectivity index is 2.01. The van der Waals surface area contributed by atoms with Gasteiger partial charge in [-0.25, -0.2) is 4.79 Å². The zero-order valence-corrected chi connectivity index (χ0v) is 9.57. The summed E-state index contributed by atoms with van der Waals surface area (Å²) in [6.45, 7) is 3.46. The van der Waals surface area contributed by atoms with Crippen molar-refractivity contribution in [2.45, 2.75) is 31.3 Å². The number of carbonyl (C=O) groups is 1. The van der Waals surface area contributed by atoms with Crippen LogP contribution in [0.25, 0.3) is 11.2 Å². The highest BCUT2D eigenvalue weighted by Gasteiger charge is 2.41. The molecule has 2 bridgehead atoms. The van der Waals surface area contributed by atoms with E-state index in [1.807, 2.05) is 18.2 Å². The van der Waals surface area contributed by atoms with Gasteiger partial charge in [-0.1, -0.05) is 6.58 Å². The van der Waals surface area contributed by atoms with Gasteiger partial charge in [-0.2, -0.15) is 0 Å². The van der Waals surface area contributed by atoms with Crippen molar-refractivity contribution >= 4 is 17.1 Å². The highest BCUT2D eigenvalue weighted by molar-refractivity contribution is 5.82. The van der Waals surface area contributed by atoms with Gasteiger partial charge in [0.2, 0.25) is 0 Å². The average Bonchev–Trinajstić information content (AvgIpc) is 3.04. The molecule has 2 aromatic heterocycles. The number of furan rings is 2. The maximum Gasteiger partial charge on any atom is 0.331 e. The summed E-state index contributed by atoms with van der Waals surface area (Å²) >= 11 is 0. The van der Waals surface area contributed by atoms with Gasteiger partial charge in [-0.05, 0) is 43.9 Å². The van der Waals surface area contributed by atoms with Crippen molar-refractivity contribution in [3.63, 3.8) is 0 Å². The molecule has 3 nitrogen and oxygen atoms in total. The van der Waals surface area contributed by atoms with Crippen LogP contribution < -0.4 is 0 Å². The molecule has 1 saturated carbocycles. The number of ether oxygens (including phenoxy) is 1. The molecular weight excluding hydrogens is 216 g/mol. The number of esters is 1. The van der Waals surface area contributed by atoms with E-state index in [0.29, 0.717) is 0 Å². The van der Waals surface area contributed by atoms with E-state index in [4.69, 9.17) is 9.15 Å². The predicted octanol–water partition coefficient (Wildman–Crippen LogP) is 3.37. The van der Waals surface area contributed by atoms with Crippen LogP contribution in [0.1, 0.15) is 31.2 Å². The number of carbonyl (C=O) groups excluding carboxylic acids is 1. The van der Waals surface area contributed by atoms with Crippen LogP contribution in [-0.2, 0) is 15.1 Å². The molecule has 0 unspecified atom stereocenters. The Morgan fingerprint density at radius 1 is 1.41 bits per heavy atom. The zero-order chi connectivity index (χ0) is 11.9. The van der Waals surface area contributed by atoms with E-state index in [1.165, 1.54) is 6.08 Å². The molecule has 2 heterocycles. The zero-order valence-electron chi connectivity index (χ0n) is 9.57. The van der Waals surface area contributed by atoms with Gasteiger partial charge in [-0.15, -0.1) is 0 Å². The predicted molar refractivity (Wildman–Crippen MR) is 63.8 cm³/mol. The summed E-state index contributed by atoms with van der Waals surface area (Å²) in [4.78, 5) is 11.5. The van der Waals surface area contributed by atoms with E-state index < -0.39 is 5.60 Å². The molecule has 88 valence electrons. The fraction of sp³-hybridized carbons (Fsp3) is 0.357. The number of hydrogen-bond acceptors (Lipinski definition) is 3. The molecule has 1 fully saturated rings. The average molecular weight is 230 g/mol. The van der Waals surface area contributed by atoms with Gasteiger partial charge in [0, 0.05) is 11.6 Å². The molecule has 0 spiro atoms. The molecule has 0 amide bonds. The minimum atomic E-state index is -0.493. The monoisotopic (exact) mass is 230 g/mol. The van der Waals surface area contributed by atoms with Gasteiger partial charge >= 0.3 is 5.97 Å². The normalized spacial score (nSPS) is 18.6. The quantitative estimate of drug-likeness (QED) is 0.599. The van der Waals surface area contributed by atoms with Crippen molar-refractivity contribution in [1.82, 2.24) is 0 Å². The maximum absolute atomic E-state index is 11.5. The minimum Gasteiger partial charge on any atom is -0.457 e.